The van der Waals surface area contributed by atoms with E-state index in [2.05, 4.69) is 16.1 Å². The minimum atomic E-state index is -0.973. The van der Waals surface area contributed by atoms with Gasteiger partial charge < -0.3 is 15.4 Å². The molecule has 4 rings (SSSR count). The number of nitrogens with one attached hydrogen (secondary N) is 3. The van der Waals surface area contributed by atoms with Crippen LogP contribution in [0.4, 0.5) is 5.69 Å². The van der Waals surface area contributed by atoms with Crippen LogP contribution in [0.3, 0.4) is 0 Å². The molecule has 3 atom stereocenters. The average molecular weight is 474 g/mol. The number of para-hydroxylation sites is 1. The molecule has 8 nitrogen and oxygen atoms in total. The van der Waals surface area contributed by atoms with Gasteiger partial charge >= 0.3 is 0 Å². The molecule has 0 spiro atoms. The van der Waals surface area contributed by atoms with Gasteiger partial charge in [0.25, 0.3) is 11.8 Å². The lowest BCUT2D eigenvalue weighted by molar-refractivity contribution is -0.136. The Bertz CT molecular complexity index is 1130. The van der Waals surface area contributed by atoms with Gasteiger partial charge in [0.1, 0.15) is 6.04 Å². The number of ether oxygens (including phenoxy) is 1. The van der Waals surface area contributed by atoms with E-state index in [1.165, 1.54) is 0 Å². The predicted octanol–water partition coefficient (Wildman–Crippen LogP) is 2.76. The first kappa shape index (κ1) is 24.1. The van der Waals surface area contributed by atoms with Gasteiger partial charge in [0.05, 0.1) is 6.61 Å². The first-order valence-electron chi connectivity index (χ1n) is 11.4. The molecule has 35 heavy (non-hydrogen) atoms. The van der Waals surface area contributed by atoms with Crippen molar-refractivity contribution in [3.05, 3.63) is 102 Å². The van der Waals surface area contributed by atoms with E-state index >= 15 is 0 Å². The zero-order chi connectivity index (χ0) is 24.5. The number of carbonyl (C=O) groups excluding carboxylic acids is 3. The molecule has 1 saturated heterocycles. The Morgan fingerprint density at radius 3 is 2.00 bits per heavy atom. The summed E-state index contributed by atoms with van der Waals surface area (Å²) in [5.74, 6) is -1.40. The molecule has 3 N–H and O–H groups in total. The second kappa shape index (κ2) is 11.9. The van der Waals surface area contributed by atoms with Gasteiger partial charge in [-0.05, 0) is 36.1 Å². The summed E-state index contributed by atoms with van der Waals surface area (Å²) in [5.41, 5.74) is 4.89. The van der Waals surface area contributed by atoms with Crippen molar-refractivity contribution < 1.29 is 24.0 Å². The number of rotatable bonds is 11. The highest BCUT2D eigenvalue weighted by Gasteiger charge is 2.51. The Kier molecular flexibility index (Phi) is 8.21. The van der Waals surface area contributed by atoms with Crippen LogP contribution in [0, 0.1) is 0 Å². The van der Waals surface area contributed by atoms with Crippen LogP contribution in [0.5, 0.6) is 0 Å². The lowest BCUT2D eigenvalue weighted by Crippen LogP contribution is -2.46. The monoisotopic (exact) mass is 473 g/mol. The molecule has 0 unspecified atom stereocenters. The van der Waals surface area contributed by atoms with Gasteiger partial charge in [-0.3, -0.25) is 19.2 Å². The van der Waals surface area contributed by atoms with Gasteiger partial charge in [0.2, 0.25) is 5.91 Å². The molecule has 8 heteroatoms. The van der Waals surface area contributed by atoms with Crippen molar-refractivity contribution in [1.82, 2.24) is 10.8 Å². The van der Waals surface area contributed by atoms with Crippen LogP contribution >= 0.6 is 0 Å². The lowest BCUT2D eigenvalue weighted by atomic mass is 10.0. The number of epoxide rings is 1. The van der Waals surface area contributed by atoms with Crippen LogP contribution in [0.25, 0.3) is 0 Å². The van der Waals surface area contributed by atoms with Gasteiger partial charge in [0.15, 0.2) is 12.2 Å². The van der Waals surface area contributed by atoms with E-state index in [0.717, 1.165) is 11.1 Å². The van der Waals surface area contributed by atoms with Crippen LogP contribution < -0.4 is 16.1 Å². The Hall–Kier alpha value is -4.01. The maximum atomic E-state index is 12.9. The molecule has 1 heterocycles. The molecule has 0 aliphatic carbocycles. The number of benzene rings is 3. The normalized spacial score (nSPS) is 17.1. The SMILES string of the molecule is O=C(Nc1ccccc1)[C@@H](CCc1ccccc1)NC(=O)[C@@H]1O[C@H]1C(=O)NOCc1ccccc1. The van der Waals surface area contributed by atoms with E-state index < -0.39 is 30.1 Å². The summed E-state index contributed by atoms with van der Waals surface area (Å²) in [4.78, 5) is 43.2. The van der Waals surface area contributed by atoms with Gasteiger partial charge in [-0.15, -0.1) is 0 Å². The molecule has 0 saturated carbocycles. The maximum absolute atomic E-state index is 12.9. The third kappa shape index (κ3) is 7.23. The quantitative estimate of drug-likeness (QED) is 0.293. The van der Waals surface area contributed by atoms with E-state index in [1.54, 1.807) is 12.1 Å². The number of aryl methyl sites for hydroxylation is 1. The first-order chi connectivity index (χ1) is 17.1. The molecular weight excluding hydrogens is 446 g/mol. The van der Waals surface area contributed by atoms with Crippen molar-refractivity contribution in [2.24, 2.45) is 0 Å². The zero-order valence-electron chi connectivity index (χ0n) is 19.1. The number of hydrogen-bond donors (Lipinski definition) is 3. The van der Waals surface area contributed by atoms with Gasteiger partial charge in [0, 0.05) is 5.69 Å². The number of hydrogen-bond acceptors (Lipinski definition) is 5. The van der Waals surface area contributed by atoms with E-state index in [0.29, 0.717) is 18.5 Å². The predicted molar refractivity (Wildman–Crippen MR) is 130 cm³/mol. The van der Waals surface area contributed by atoms with Crippen molar-refractivity contribution in [3.8, 4) is 0 Å². The lowest BCUT2D eigenvalue weighted by Gasteiger charge is -2.18. The van der Waals surface area contributed by atoms with Crippen LogP contribution in [-0.4, -0.2) is 36.0 Å². The average Bonchev–Trinajstić information content (AvgIpc) is 3.70. The molecule has 3 aromatic carbocycles. The van der Waals surface area contributed by atoms with Gasteiger partial charge in [-0.25, -0.2) is 5.48 Å². The molecule has 180 valence electrons. The fourth-order valence-electron chi connectivity index (χ4n) is 3.56. The summed E-state index contributed by atoms with van der Waals surface area (Å²) in [6, 6.07) is 27.3. The minimum Gasteiger partial charge on any atom is -0.349 e. The summed E-state index contributed by atoms with van der Waals surface area (Å²) < 4.78 is 5.27. The number of carbonyl (C=O) groups is 3. The fraction of sp³-hybridized carbons (Fsp3) is 0.222. The number of anilines is 1. The number of amides is 3. The number of hydroxylamine groups is 1. The van der Waals surface area contributed by atoms with E-state index in [9.17, 15) is 14.4 Å². The minimum absolute atomic E-state index is 0.192. The fourth-order valence-corrected chi connectivity index (χ4v) is 3.56. The summed E-state index contributed by atoms with van der Waals surface area (Å²) in [7, 11) is 0. The second-order valence-electron chi connectivity index (χ2n) is 8.16. The molecule has 1 aliphatic rings. The van der Waals surface area contributed by atoms with E-state index in [4.69, 9.17) is 9.57 Å². The first-order valence-corrected chi connectivity index (χ1v) is 11.4. The third-order valence-electron chi connectivity index (χ3n) is 5.50. The molecule has 3 amide bonds. The highest BCUT2D eigenvalue weighted by Crippen LogP contribution is 2.23. The summed E-state index contributed by atoms with van der Waals surface area (Å²) >= 11 is 0. The van der Waals surface area contributed by atoms with Crippen molar-refractivity contribution in [2.45, 2.75) is 37.7 Å². The molecule has 1 fully saturated rings. The third-order valence-corrected chi connectivity index (χ3v) is 5.50. The summed E-state index contributed by atoms with van der Waals surface area (Å²) in [6.07, 6.45) is -0.952. The van der Waals surface area contributed by atoms with Crippen LogP contribution in [0.15, 0.2) is 91.0 Å². The Morgan fingerprint density at radius 2 is 1.34 bits per heavy atom. The van der Waals surface area contributed by atoms with Gasteiger partial charge in [-0.2, -0.15) is 0 Å². The molecular formula is C27H27N3O5. The van der Waals surface area contributed by atoms with Crippen LogP contribution in [-0.2, 0) is 37.0 Å². The van der Waals surface area contributed by atoms with Crippen molar-refractivity contribution in [1.29, 1.82) is 0 Å². The van der Waals surface area contributed by atoms with Crippen molar-refractivity contribution >= 4 is 23.4 Å². The highest BCUT2D eigenvalue weighted by atomic mass is 16.7. The topological polar surface area (TPSA) is 109 Å². The largest absolute Gasteiger partial charge is 0.349 e. The molecule has 0 aromatic heterocycles. The van der Waals surface area contributed by atoms with Crippen LogP contribution in [0.1, 0.15) is 17.5 Å². The highest BCUT2D eigenvalue weighted by molar-refractivity contribution is 6.00. The summed E-state index contributed by atoms with van der Waals surface area (Å²) in [6.45, 7) is 0.192. The molecule has 3 aromatic rings. The standard InChI is InChI=1S/C27H27N3O5/c31-25(28-21-14-8-3-9-15-21)22(17-16-19-10-4-1-5-11-19)29-26(32)23-24(35-23)27(33)30-34-18-20-12-6-2-7-13-20/h1-15,22-24H,16-18H2,(H,28,31)(H,29,32)(H,30,33)/t22-,23-,24-/m1/s1. The Labute approximate surface area is 203 Å². The second-order valence-corrected chi connectivity index (χ2v) is 8.16. The maximum Gasteiger partial charge on any atom is 0.275 e. The summed E-state index contributed by atoms with van der Waals surface area (Å²) in [5, 5.41) is 5.57. The Balaban J connectivity index is 1.30. The molecule has 1 aliphatic heterocycles. The Morgan fingerprint density at radius 1 is 0.771 bits per heavy atom. The molecule has 0 radical (unpaired) electrons. The zero-order valence-corrected chi connectivity index (χ0v) is 19.1. The van der Waals surface area contributed by atoms with E-state index in [1.807, 2.05) is 78.9 Å². The van der Waals surface area contributed by atoms with Crippen LogP contribution in [0.2, 0.25) is 0 Å². The van der Waals surface area contributed by atoms with Crippen molar-refractivity contribution in [3.63, 3.8) is 0 Å². The van der Waals surface area contributed by atoms with Crippen molar-refractivity contribution in [2.75, 3.05) is 5.32 Å². The van der Waals surface area contributed by atoms with Gasteiger partial charge in [-0.1, -0.05) is 78.9 Å². The van der Waals surface area contributed by atoms with E-state index in [-0.39, 0.29) is 12.5 Å². The smallest absolute Gasteiger partial charge is 0.275 e. The molecule has 0 bridgehead atoms.